The van der Waals surface area contributed by atoms with Crippen LogP contribution in [0.4, 0.5) is 0 Å². The molecule has 0 amide bonds. The van der Waals surface area contributed by atoms with Gasteiger partial charge in [0, 0.05) is 4.88 Å². The smallest absolute Gasteiger partial charge is 0.262 e. The van der Waals surface area contributed by atoms with Crippen LogP contribution in [0.2, 0.25) is 0 Å². The zero-order valence-corrected chi connectivity index (χ0v) is 13.6. The van der Waals surface area contributed by atoms with Crippen LogP contribution >= 0.6 is 11.3 Å². The summed E-state index contributed by atoms with van der Waals surface area (Å²) in [4.78, 5) is 19.7. The van der Waals surface area contributed by atoms with Crippen molar-refractivity contribution in [2.75, 3.05) is 0 Å². The highest BCUT2D eigenvalue weighted by atomic mass is 32.1. The highest BCUT2D eigenvalue weighted by molar-refractivity contribution is 7.18. The summed E-state index contributed by atoms with van der Waals surface area (Å²) in [6.45, 7) is 0.226. The van der Waals surface area contributed by atoms with E-state index >= 15 is 0 Å². The quantitative estimate of drug-likeness (QED) is 0.805. The van der Waals surface area contributed by atoms with Gasteiger partial charge in [0.15, 0.2) is 0 Å². The van der Waals surface area contributed by atoms with Gasteiger partial charge in [-0.05, 0) is 36.8 Å². The molecule has 0 saturated heterocycles. The fraction of sp³-hybridized carbons (Fsp3) is 0.333. The van der Waals surface area contributed by atoms with Crippen molar-refractivity contribution in [1.82, 2.24) is 9.55 Å². The molecule has 3 aromatic rings. The number of fused-ring (bicyclic) bond motifs is 3. The second kappa shape index (κ2) is 5.91. The average molecular weight is 326 g/mol. The van der Waals surface area contributed by atoms with Gasteiger partial charge < -0.3 is 5.11 Å². The molecule has 0 saturated carbocycles. The van der Waals surface area contributed by atoms with Crippen molar-refractivity contribution in [1.29, 1.82) is 0 Å². The number of aliphatic hydroxyl groups is 1. The minimum absolute atomic E-state index is 0.0118. The topological polar surface area (TPSA) is 55.1 Å². The number of aryl methyl sites for hydroxylation is 2. The lowest BCUT2D eigenvalue weighted by atomic mass is 9.97. The highest BCUT2D eigenvalue weighted by Gasteiger charge is 2.21. The number of aromatic nitrogens is 2. The summed E-state index contributed by atoms with van der Waals surface area (Å²) in [5.74, 6) is 0.449. The molecule has 0 radical (unpaired) electrons. The van der Waals surface area contributed by atoms with E-state index in [1.54, 1.807) is 15.9 Å². The summed E-state index contributed by atoms with van der Waals surface area (Å²) in [7, 11) is 0. The monoisotopic (exact) mass is 326 g/mol. The van der Waals surface area contributed by atoms with Gasteiger partial charge >= 0.3 is 0 Å². The van der Waals surface area contributed by atoms with E-state index < -0.39 is 0 Å². The molecule has 5 heteroatoms. The van der Waals surface area contributed by atoms with Gasteiger partial charge in [-0.15, -0.1) is 11.3 Å². The summed E-state index contributed by atoms with van der Waals surface area (Å²) < 4.78 is 1.62. The Morgan fingerprint density at radius 2 is 1.96 bits per heavy atom. The van der Waals surface area contributed by atoms with Gasteiger partial charge in [0.05, 0.1) is 11.9 Å². The number of hydrogen-bond acceptors (Lipinski definition) is 4. The van der Waals surface area contributed by atoms with E-state index in [1.807, 2.05) is 30.3 Å². The van der Waals surface area contributed by atoms with E-state index in [0.717, 1.165) is 35.0 Å². The lowest BCUT2D eigenvalue weighted by Gasteiger charge is -2.13. The molecule has 1 aliphatic rings. The second-order valence-corrected chi connectivity index (χ2v) is 7.04. The Morgan fingerprint density at radius 1 is 1.17 bits per heavy atom. The number of benzene rings is 1. The number of nitrogens with zero attached hydrogens (tertiary/aromatic N) is 2. The lowest BCUT2D eigenvalue weighted by Crippen LogP contribution is -2.26. The van der Waals surface area contributed by atoms with E-state index in [0.29, 0.717) is 12.4 Å². The summed E-state index contributed by atoms with van der Waals surface area (Å²) in [6, 6.07) is 9.84. The Balaban J connectivity index is 1.92. The summed E-state index contributed by atoms with van der Waals surface area (Å²) in [5.41, 5.74) is 2.22. The van der Waals surface area contributed by atoms with Crippen LogP contribution in [0.15, 0.2) is 35.1 Å². The largest absolute Gasteiger partial charge is 0.388 e. The Hall–Kier alpha value is -1.98. The van der Waals surface area contributed by atoms with Crippen molar-refractivity contribution < 1.29 is 5.11 Å². The molecule has 118 valence electrons. The van der Waals surface area contributed by atoms with E-state index in [-0.39, 0.29) is 12.2 Å². The van der Waals surface area contributed by atoms with Gasteiger partial charge in [-0.3, -0.25) is 9.36 Å². The van der Waals surface area contributed by atoms with E-state index in [4.69, 9.17) is 0 Å². The Kier molecular flexibility index (Phi) is 3.75. The Bertz CT molecular complexity index is 912. The molecule has 1 aromatic carbocycles. The molecule has 0 spiro atoms. The third-order valence-electron chi connectivity index (χ3n) is 4.48. The predicted molar refractivity (Wildman–Crippen MR) is 92.0 cm³/mol. The first kappa shape index (κ1) is 14.6. The maximum Gasteiger partial charge on any atom is 0.262 e. The summed E-state index contributed by atoms with van der Waals surface area (Å²) in [5, 5.41) is 10.4. The maximum atomic E-state index is 13.1. The summed E-state index contributed by atoms with van der Waals surface area (Å²) >= 11 is 1.62. The first-order valence-electron chi connectivity index (χ1n) is 7.96. The van der Waals surface area contributed by atoms with Crippen LogP contribution in [-0.2, 0) is 26.0 Å². The SMILES string of the molecule is O=c1c2c3c(sc2nc(CO)n1Cc1ccccc1)CCCC3. The van der Waals surface area contributed by atoms with Gasteiger partial charge in [-0.1, -0.05) is 30.3 Å². The van der Waals surface area contributed by atoms with Crippen molar-refractivity contribution in [2.45, 2.75) is 38.8 Å². The molecule has 0 fully saturated rings. The first-order chi connectivity index (χ1) is 11.3. The van der Waals surface area contributed by atoms with Gasteiger partial charge in [0.2, 0.25) is 0 Å². The van der Waals surface area contributed by atoms with E-state index in [1.165, 1.54) is 16.9 Å². The van der Waals surface area contributed by atoms with E-state index in [2.05, 4.69) is 4.98 Å². The zero-order chi connectivity index (χ0) is 15.8. The van der Waals surface area contributed by atoms with Crippen LogP contribution in [0.5, 0.6) is 0 Å². The normalized spacial score (nSPS) is 14.1. The second-order valence-electron chi connectivity index (χ2n) is 5.95. The third kappa shape index (κ3) is 2.50. The number of thiophene rings is 1. The molecule has 4 nitrogen and oxygen atoms in total. The minimum atomic E-state index is -0.222. The molecule has 1 aliphatic carbocycles. The summed E-state index contributed by atoms with van der Waals surface area (Å²) in [6.07, 6.45) is 4.34. The molecular weight excluding hydrogens is 308 g/mol. The van der Waals surface area contributed by atoms with Gasteiger partial charge in [0.1, 0.15) is 17.3 Å². The first-order valence-corrected chi connectivity index (χ1v) is 8.78. The van der Waals surface area contributed by atoms with Crippen molar-refractivity contribution in [3.05, 3.63) is 62.5 Å². The van der Waals surface area contributed by atoms with Crippen LogP contribution < -0.4 is 5.56 Å². The maximum absolute atomic E-state index is 13.1. The van der Waals surface area contributed by atoms with Crippen molar-refractivity contribution in [3.8, 4) is 0 Å². The van der Waals surface area contributed by atoms with Crippen molar-refractivity contribution >= 4 is 21.6 Å². The van der Waals surface area contributed by atoms with Crippen LogP contribution in [0.1, 0.15) is 34.7 Å². The molecular formula is C18H18N2O2S. The number of hydrogen-bond donors (Lipinski definition) is 1. The lowest BCUT2D eigenvalue weighted by molar-refractivity contribution is 0.264. The van der Waals surface area contributed by atoms with Crippen LogP contribution in [0.25, 0.3) is 10.2 Å². The number of aliphatic hydroxyl groups excluding tert-OH is 1. The standard InChI is InChI=1S/C18H18N2O2S/c21-11-15-19-17-16(13-8-4-5-9-14(13)23-17)18(22)20(15)10-12-6-2-1-3-7-12/h1-3,6-7,21H,4-5,8-11H2. The molecule has 0 bridgehead atoms. The third-order valence-corrected chi connectivity index (χ3v) is 5.66. The molecule has 0 unspecified atom stereocenters. The van der Waals surface area contributed by atoms with Crippen LogP contribution in [0.3, 0.4) is 0 Å². The molecule has 4 rings (SSSR count). The van der Waals surface area contributed by atoms with E-state index in [9.17, 15) is 9.90 Å². The predicted octanol–water partition coefficient (Wildman–Crippen LogP) is 2.88. The van der Waals surface area contributed by atoms with Gasteiger partial charge in [-0.25, -0.2) is 4.98 Å². The molecule has 2 heterocycles. The van der Waals surface area contributed by atoms with Gasteiger partial charge in [0.25, 0.3) is 5.56 Å². The zero-order valence-electron chi connectivity index (χ0n) is 12.8. The Labute approximate surface area is 138 Å². The molecule has 1 N–H and O–H groups in total. The van der Waals surface area contributed by atoms with Crippen molar-refractivity contribution in [2.24, 2.45) is 0 Å². The van der Waals surface area contributed by atoms with Crippen LogP contribution in [0, 0.1) is 0 Å². The minimum Gasteiger partial charge on any atom is -0.388 e. The average Bonchev–Trinajstić information content (AvgIpc) is 2.96. The fourth-order valence-electron chi connectivity index (χ4n) is 3.33. The van der Waals surface area contributed by atoms with Gasteiger partial charge in [-0.2, -0.15) is 0 Å². The molecule has 2 aromatic heterocycles. The van der Waals surface area contributed by atoms with Crippen molar-refractivity contribution in [3.63, 3.8) is 0 Å². The Morgan fingerprint density at radius 3 is 2.74 bits per heavy atom. The highest BCUT2D eigenvalue weighted by Crippen LogP contribution is 2.33. The molecule has 0 atom stereocenters. The number of rotatable bonds is 3. The molecule has 23 heavy (non-hydrogen) atoms. The fourth-order valence-corrected chi connectivity index (χ4v) is 4.60. The van der Waals surface area contributed by atoms with Crippen LogP contribution in [-0.4, -0.2) is 14.7 Å². The molecule has 0 aliphatic heterocycles.